The highest BCUT2D eigenvalue weighted by Crippen LogP contribution is 2.29. The minimum Gasteiger partial charge on any atom is -0.398 e. The van der Waals surface area contributed by atoms with Gasteiger partial charge in [-0.25, -0.2) is 0 Å². The monoisotopic (exact) mass is 287 g/mol. The van der Waals surface area contributed by atoms with Crippen LogP contribution in [0.3, 0.4) is 0 Å². The number of carbonyl (C=O) groups is 2. The number of rotatable bonds is 3. The fraction of sp³-hybridized carbons (Fsp3) is 0.500. The van der Waals surface area contributed by atoms with Crippen molar-refractivity contribution in [1.82, 2.24) is 9.80 Å². The van der Waals surface area contributed by atoms with E-state index < -0.39 is 0 Å². The Kier molecular flexibility index (Phi) is 3.45. The van der Waals surface area contributed by atoms with E-state index in [1.165, 1.54) is 4.90 Å². The summed E-state index contributed by atoms with van der Waals surface area (Å²) in [5.74, 6) is -0.0859. The number of benzene rings is 1. The van der Waals surface area contributed by atoms with E-state index in [2.05, 4.69) is 18.7 Å². The molecule has 0 aliphatic carbocycles. The minimum atomic E-state index is -0.240. The van der Waals surface area contributed by atoms with E-state index in [0.29, 0.717) is 35.3 Å². The van der Waals surface area contributed by atoms with Gasteiger partial charge >= 0.3 is 0 Å². The summed E-state index contributed by atoms with van der Waals surface area (Å²) in [6.07, 6.45) is 1.03. The molecule has 0 spiro atoms. The Balaban J connectivity index is 1.76. The summed E-state index contributed by atoms with van der Waals surface area (Å²) < 4.78 is 0. The molecule has 1 aromatic rings. The molecule has 0 radical (unpaired) electrons. The van der Waals surface area contributed by atoms with Gasteiger partial charge in [-0.3, -0.25) is 14.5 Å². The van der Waals surface area contributed by atoms with E-state index in [-0.39, 0.29) is 11.8 Å². The number of nitrogens with zero attached hydrogens (tertiary/aromatic N) is 2. The molecule has 5 heteroatoms. The van der Waals surface area contributed by atoms with Crippen LogP contribution < -0.4 is 5.73 Å². The normalized spacial score (nSPS) is 22.4. The Hall–Kier alpha value is -1.88. The van der Waals surface area contributed by atoms with Crippen LogP contribution in [0, 0.1) is 5.92 Å². The number of imide groups is 1. The van der Waals surface area contributed by atoms with Crippen molar-refractivity contribution >= 4 is 17.5 Å². The summed E-state index contributed by atoms with van der Waals surface area (Å²) in [7, 11) is 0. The van der Waals surface area contributed by atoms with E-state index in [1.807, 2.05) is 0 Å². The van der Waals surface area contributed by atoms with Gasteiger partial charge in [0.1, 0.15) is 0 Å². The lowest BCUT2D eigenvalue weighted by atomic mass is 10.1. The number of nitrogens with two attached hydrogens (primary N) is 1. The Labute approximate surface area is 124 Å². The summed E-state index contributed by atoms with van der Waals surface area (Å²) in [4.78, 5) is 28.6. The zero-order chi connectivity index (χ0) is 15.1. The Bertz CT molecular complexity index is 597. The van der Waals surface area contributed by atoms with E-state index in [4.69, 9.17) is 5.73 Å². The predicted octanol–water partition coefficient (Wildman–Crippen LogP) is 1.60. The number of carbonyl (C=O) groups excluding carboxylic acids is 2. The molecular weight excluding hydrogens is 266 g/mol. The first kappa shape index (κ1) is 14.1. The SMILES string of the molecule is CC(C)N1CCC(CN2C(=O)c3cccc(N)c3C2=O)C1. The summed E-state index contributed by atoms with van der Waals surface area (Å²) in [6, 6.07) is 5.58. The molecule has 0 saturated carbocycles. The lowest BCUT2D eigenvalue weighted by Gasteiger charge is -2.22. The number of hydrogen-bond acceptors (Lipinski definition) is 4. The predicted molar refractivity (Wildman–Crippen MR) is 81.0 cm³/mol. The maximum atomic E-state index is 12.4. The van der Waals surface area contributed by atoms with Crippen LogP contribution in [0.5, 0.6) is 0 Å². The average molecular weight is 287 g/mol. The first-order valence-corrected chi connectivity index (χ1v) is 7.47. The molecule has 3 rings (SSSR count). The number of amides is 2. The van der Waals surface area contributed by atoms with Crippen molar-refractivity contribution in [2.45, 2.75) is 26.3 Å². The van der Waals surface area contributed by atoms with Crippen molar-refractivity contribution in [1.29, 1.82) is 0 Å². The average Bonchev–Trinajstić information content (AvgIpc) is 3.00. The van der Waals surface area contributed by atoms with Crippen LogP contribution in [-0.4, -0.2) is 47.3 Å². The minimum absolute atomic E-state index is 0.203. The molecule has 2 aliphatic rings. The molecule has 1 atom stereocenters. The van der Waals surface area contributed by atoms with Gasteiger partial charge in [-0.05, 0) is 44.9 Å². The number of anilines is 1. The van der Waals surface area contributed by atoms with Gasteiger partial charge in [-0.2, -0.15) is 0 Å². The second-order valence-corrected chi connectivity index (χ2v) is 6.23. The largest absolute Gasteiger partial charge is 0.398 e. The van der Waals surface area contributed by atoms with Gasteiger partial charge in [-0.15, -0.1) is 0 Å². The van der Waals surface area contributed by atoms with Gasteiger partial charge in [-0.1, -0.05) is 6.07 Å². The van der Waals surface area contributed by atoms with Crippen LogP contribution in [0.15, 0.2) is 18.2 Å². The van der Waals surface area contributed by atoms with Crippen molar-refractivity contribution in [3.8, 4) is 0 Å². The molecule has 2 aliphatic heterocycles. The summed E-state index contributed by atoms with van der Waals surface area (Å²) in [5, 5.41) is 0. The van der Waals surface area contributed by atoms with E-state index in [0.717, 1.165) is 19.5 Å². The molecule has 1 aromatic carbocycles. The summed E-state index contributed by atoms with van der Waals surface area (Å²) in [5.41, 5.74) is 7.06. The zero-order valence-corrected chi connectivity index (χ0v) is 12.5. The Morgan fingerprint density at radius 2 is 2.05 bits per heavy atom. The van der Waals surface area contributed by atoms with Gasteiger partial charge in [0, 0.05) is 24.8 Å². The molecule has 2 heterocycles. The molecule has 0 aromatic heterocycles. The van der Waals surface area contributed by atoms with Crippen molar-refractivity contribution in [3.05, 3.63) is 29.3 Å². The van der Waals surface area contributed by atoms with Crippen LogP contribution in [0.25, 0.3) is 0 Å². The molecule has 1 saturated heterocycles. The second kappa shape index (κ2) is 5.15. The molecule has 1 unspecified atom stereocenters. The highest BCUT2D eigenvalue weighted by molar-refractivity contribution is 6.23. The fourth-order valence-corrected chi connectivity index (χ4v) is 3.26. The quantitative estimate of drug-likeness (QED) is 0.677. The maximum Gasteiger partial charge on any atom is 0.263 e. The lowest BCUT2D eigenvalue weighted by molar-refractivity contribution is 0.0630. The number of fused-ring (bicyclic) bond motifs is 1. The van der Waals surface area contributed by atoms with Crippen LogP contribution in [0.2, 0.25) is 0 Å². The first-order valence-electron chi connectivity index (χ1n) is 7.47. The zero-order valence-electron chi connectivity index (χ0n) is 12.5. The van der Waals surface area contributed by atoms with E-state index in [9.17, 15) is 9.59 Å². The summed E-state index contributed by atoms with van der Waals surface area (Å²) >= 11 is 0. The van der Waals surface area contributed by atoms with Crippen LogP contribution in [-0.2, 0) is 0 Å². The van der Waals surface area contributed by atoms with Crippen molar-refractivity contribution in [3.63, 3.8) is 0 Å². The topological polar surface area (TPSA) is 66.6 Å². The van der Waals surface area contributed by atoms with Crippen molar-refractivity contribution in [2.24, 2.45) is 5.92 Å². The third kappa shape index (κ3) is 2.31. The Morgan fingerprint density at radius 1 is 1.29 bits per heavy atom. The first-order chi connectivity index (χ1) is 9.99. The van der Waals surface area contributed by atoms with Crippen molar-refractivity contribution in [2.75, 3.05) is 25.4 Å². The van der Waals surface area contributed by atoms with Crippen molar-refractivity contribution < 1.29 is 9.59 Å². The molecule has 21 heavy (non-hydrogen) atoms. The highest BCUT2D eigenvalue weighted by Gasteiger charge is 2.39. The van der Waals surface area contributed by atoms with Gasteiger partial charge in [0.2, 0.25) is 0 Å². The van der Waals surface area contributed by atoms with Gasteiger partial charge in [0.25, 0.3) is 11.8 Å². The molecule has 112 valence electrons. The smallest absolute Gasteiger partial charge is 0.263 e. The van der Waals surface area contributed by atoms with Crippen LogP contribution in [0.1, 0.15) is 41.0 Å². The number of likely N-dealkylation sites (tertiary alicyclic amines) is 1. The standard InChI is InChI=1S/C16H21N3O2/c1-10(2)18-7-6-11(8-18)9-19-15(20)12-4-3-5-13(17)14(12)16(19)21/h3-5,10-11H,6-9,17H2,1-2H3. The van der Waals surface area contributed by atoms with Crippen LogP contribution >= 0.6 is 0 Å². The van der Waals surface area contributed by atoms with Gasteiger partial charge in [0.15, 0.2) is 0 Å². The Morgan fingerprint density at radius 3 is 2.67 bits per heavy atom. The molecular formula is C16H21N3O2. The van der Waals surface area contributed by atoms with Crippen LogP contribution in [0.4, 0.5) is 5.69 Å². The molecule has 2 amide bonds. The fourth-order valence-electron chi connectivity index (χ4n) is 3.26. The molecule has 1 fully saturated rings. The molecule has 2 N–H and O–H groups in total. The van der Waals surface area contributed by atoms with E-state index >= 15 is 0 Å². The lowest BCUT2D eigenvalue weighted by Crippen LogP contribution is -2.36. The third-order valence-corrected chi connectivity index (χ3v) is 4.52. The van der Waals surface area contributed by atoms with Gasteiger partial charge < -0.3 is 10.6 Å². The number of nitrogen functional groups attached to an aromatic ring is 1. The van der Waals surface area contributed by atoms with E-state index in [1.54, 1.807) is 18.2 Å². The summed E-state index contributed by atoms with van der Waals surface area (Å²) in [6.45, 7) is 6.82. The molecule has 5 nitrogen and oxygen atoms in total. The third-order valence-electron chi connectivity index (χ3n) is 4.52. The van der Waals surface area contributed by atoms with Gasteiger partial charge in [0.05, 0.1) is 11.1 Å². The maximum absolute atomic E-state index is 12.4. The number of hydrogen-bond donors (Lipinski definition) is 1. The second-order valence-electron chi connectivity index (χ2n) is 6.23. The highest BCUT2D eigenvalue weighted by atomic mass is 16.2. The molecule has 0 bridgehead atoms.